The third-order valence-electron chi connectivity index (χ3n) is 0.653. The molecular weight excluding hydrogens is 104 g/mol. The van der Waals surface area contributed by atoms with E-state index in [4.69, 9.17) is 10.4 Å². The summed E-state index contributed by atoms with van der Waals surface area (Å²) in [4.78, 5) is 3.12. The Balaban J connectivity index is 4.33. The number of aliphatic hydroxyl groups excluding tert-OH is 1. The summed E-state index contributed by atoms with van der Waals surface area (Å²) in [6.45, 7) is 4.48. The first-order chi connectivity index (χ1) is 3.72. The van der Waals surface area contributed by atoms with Crippen LogP contribution in [0.25, 0.3) is 0 Å². The second-order valence-electron chi connectivity index (χ2n) is 1.22. The molecule has 0 spiro atoms. The van der Waals surface area contributed by atoms with Crippen LogP contribution in [-0.4, -0.2) is 11.8 Å². The molecule has 0 saturated heterocycles. The second-order valence-corrected chi connectivity index (χ2v) is 1.22. The van der Waals surface area contributed by atoms with Crippen molar-refractivity contribution in [1.29, 1.82) is 5.26 Å². The molecule has 0 bridgehead atoms. The number of hydrogen-bond donors (Lipinski definition) is 1. The van der Waals surface area contributed by atoms with E-state index in [0.717, 1.165) is 0 Å². The highest BCUT2D eigenvalue weighted by atomic mass is 16.3. The van der Waals surface area contributed by atoms with Gasteiger partial charge in [0.25, 0.3) is 0 Å². The molecule has 0 saturated carbocycles. The fourth-order valence-electron chi connectivity index (χ4n) is 0.169. The van der Waals surface area contributed by atoms with Crippen molar-refractivity contribution in [1.82, 2.24) is 0 Å². The summed E-state index contributed by atoms with van der Waals surface area (Å²) >= 11 is 0. The molecule has 42 valence electrons. The van der Waals surface area contributed by atoms with Gasteiger partial charge in [-0.2, -0.15) is 5.26 Å². The zero-order valence-corrected chi connectivity index (χ0v) is 4.55. The average molecular weight is 110 g/mol. The maximum Gasteiger partial charge on any atom is 0.223 e. The van der Waals surface area contributed by atoms with Crippen LogP contribution >= 0.6 is 0 Å². The quantitative estimate of drug-likeness (QED) is 0.311. The van der Waals surface area contributed by atoms with Gasteiger partial charge in [-0.25, -0.2) is 4.99 Å². The Morgan fingerprint density at radius 3 is 2.50 bits per heavy atom. The molecule has 8 heavy (non-hydrogen) atoms. The summed E-state index contributed by atoms with van der Waals surface area (Å²) in [5.41, 5.74) is 0.181. The smallest absolute Gasteiger partial charge is 0.223 e. The number of aliphatic hydroxyl groups is 1. The molecule has 0 rings (SSSR count). The topological polar surface area (TPSA) is 56.4 Å². The molecule has 3 heteroatoms. The van der Waals surface area contributed by atoms with Crippen LogP contribution in [0, 0.1) is 11.3 Å². The summed E-state index contributed by atoms with van der Waals surface area (Å²) in [7, 11) is 0. The summed E-state index contributed by atoms with van der Waals surface area (Å²) in [6, 6.07) is 1.71. The van der Waals surface area contributed by atoms with E-state index in [1.807, 2.05) is 0 Å². The first kappa shape index (κ1) is 6.70. The molecule has 1 N–H and O–H groups in total. The van der Waals surface area contributed by atoms with Gasteiger partial charge in [-0.3, -0.25) is 0 Å². The zero-order valence-electron chi connectivity index (χ0n) is 4.55. The van der Waals surface area contributed by atoms with E-state index < -0.39 is 0 Å². The van der Waals surface area contributed by atoms with Gasteiger partial charge in [-0.1, -0.05) is 0 Å². The summed E-state index contributed by atoms with van der Waals surface area (Å²) < 4.78 is 0. The van der Waals surface area contributed by atoms with E-state index in [2.05, 4.69) is 11.7 Å². The van der Waals surface area contributed by atoms with Gasteiger partial charge in [-0.05, 0) is 13.6 Å². The number of rotatable bonds is 1. The van der Waals surface area contributed by atoms with Gasteiger partial charge in [0.2, 0.25) is 5.88 Å². The standard InChI is InChI=1S/C5H6N2O/c1-4(3-6)5(8)7-2/h8H,2H2,1H3/b5-4-. The Bertz CT molecular complexity index is 164. The van der Waals surface area contributed by atoms with E-state index in [9.17, 15) is 0 Å². The molecule has 0 aromatic rings. The number of allylic oxidation sites excluding steroid dienone is 1. The summed E-state index contributed by atoms with van der Waals surface area (Å²) in [6.07, 6.45) is 0. The first-order valence-electron chi connectivity index (χ1n) is 1.99. The largest absolute Gasteiger partial charge is 0.493 e. The van der Waals surface area contributed by atoms with E-state index in [-0.39, 0.29) is 11.5 Å². The van der Waals surface area contributed by atoms with Gasteiger partial charge in [0, 0.05) is 0 Å². The van der Waals surface area contributed by atoms with Gasteiger partial charge in [-0.15, -0.1) is 0 Å². The van der Waals surface area contributed by atoms with Gasteiger partial charge >= 0.3 is 0 Å². The minimum Gasteiger partial charge on any atom is -0.493 e. The summed E-state index contributed by atoms with van der Waals surface area (Å²) in [5.74, 6) is -0.299. The molecule has 0 radical (unpaired) electrons. The van der Waals surface area contributed by atoms with Crippen molar-refractivity contribution in [3.8, 4) is 6.07 Å². The highest BCUT2D eigenvalue weighted by Gasteiger charge is 1.91. The van der Waals surface area contributed by atoms with Crippen LogP contribution in [0.3, 0.4) is 0 Å². The molecule has 0 aliphatic rings. The molecule has 0 aliphatic heterocycles. The lowest BCUT2D eigenvalue weighted by Crippen LogP contribution is -1.77. The van der Waals surface area contributed by atoms with Crippen LogP contribution in [0.1, 0.15) is 6.92 Å². The average Bonchev–Trinajstić information content (AvgIpc) is 1.84. The molecule has 3 nitrogen and oxygen atoms in total. The highest BCUT2D eigenvalue weighted by Crippen LogP contribution is 1.96. The van der Waals surface area contributed by atoms with Crippen molar-refractivity contribution in [2.24, 2.45) is 4.99 Å². The molecule has 0 amide bonds. The fourth-order valence-corrected chi connectivity index (χ4v) is 0.169. The Hall–Kier alpha value is -1.30. The van der Waals surface area contributed by atoms with E-state index in [0.29, 0.717) is 0 Å². The minimum atomic E-state index is -0.299. The molecule has 0 heterocycles. The minimum absolute atomic E-state index is 0.181. The van der Waals surface area contributed by atoms with Crippen molar-refractivity contribution < 1.29 is 5.11 Å². The van der Waals surface area contributed by atoms with E-state index >= 15 is 0 Å². The van der Waals surface area contributed by atoms with Crippen molar-refractivity contribution in [3.63, 3.8) is 0 Å². The lowest BCUT2D eigenvalue weighted by Gasteiger charge is -1.85. The maximum atomic E-state index is 8.55. The predicted octanol–water partition coefficient (Wildman–Crippen LogP) is 1.00. The number of nitrogens with zero attached hydrogens (tertiary/aromatic N) is 2. The Morgan fingerprint density at radius 2 is 2.38 bits per heavy atom. The number of nitriles is 1. The van der Waals surface area contributed by atoms with E-state index in [1.54, 1.807) is 6.07 Å². The van der Waals surface area contributed by atoms with Crippen LogP contribution in [0.2, 0.25) is 0 Å². The van der Waals surface area contributed by atoms with Crippen LogP contribution in [0.15, 0.2) is 16.4 Å². The Morgan fingerprint density at radius 1 is 1.88 bits per heavy atom. The molecule has 0 atom stereocenters. The highest BCUT2D eigenvalue weighted by molar-refractivity contribution is 5.31. The SMILES string of the molecule is C=N/C(O)=C(\C)C#N. The molecule has 0 fully saturated rings. The van der Waals surface area contributed by atoms with E-state index in [1.165, 1.54) is 6.92 Å². The lowest BCUT2D eigenvalue weighted by atomic mass is 10.4. The molecule has 0 aliphatic carbocycles. The first-order valence-corrected chi connectivity index (χ1v) is 1.99. The number of hydrogen-bond acceptors (Lipinski definition) is 3. The van der Waals surface area contributed by atoms with Crippen LogP contribution < -0.4 is 0 Å². The zero-order chi connectivity index (χ0) is 6.57. The van der Waals surface area contributed by atoms with Crippen molar-refractivity contribution >= 4 is 6.72 Å². The van der Waals surface area contributed by atoms with Crippen LogP contribution in [0.5, 0.6) is 0 Å². The van der Waals surface area contributed by atoms with Gasteiger partial charge < -0.3 is 5.11 Å². The van der Waals surface area contributed by atoms with Crippen LogP contribution in [0.4, 0.5) is 0 Å². The molecule has 0 aromatic carbocycles. The lowest BCUT2D eigenvalue weighted by molar-refractivity contribution is 0.403. The molecule has 0 aromatic heterocycles. The van der Waals surface area contributed by atoms with Gasteiger partial charge in [0.05, 0.1) is 5.57 Å². The van der Waals surface area contributed by atoms with Crippen molar-refractivity contribution in [2.75, 3.05) is 0 Å². The van der Waals surface area contributed by atoms with Crippen LogP contribution in [-0.2, 0) is 0 Å². The molecule has 0 unspecified atom stereocenters. The predicted molar refractivity (Wildman–Crippen MR) is 30.5 cm³/mol. The fraction of sp³-hybridized carbons (Fsp3) is 0.200. The van der Waals surface area contributed by atoms with Gasteiger partial charge in [0.15, 0.2) is 0 Å². The maximum absolute atomic E-state index is 8.55. The van der Waals surface area contributed by atoms with Gasteiger partial charge in [0.1, 0.15) is 6.07 Å². The van der Waals surface area contributed by atoms with Crippen molar-refractivity contribution in [2.45, 2.75) is 6.92 Å². The molecular formula is C5H6N2O. The summed E-state index contributed by atoms with van der Waals surface area (Å²) in [5, 5.41) is 16.6. The third-order valence-corrected chi connectivity index (χ3v) is 0.653. The second kappa shape index (κ2) is 2.80. The third kappa shape index (κ3) is 1.43. The Labute approximate surface area is 47.6 Å². The van der Waals surface area contributed by atoms with Crippen molar-refractivity contribution in [3.05, 3.63) is 11.5 Å². The number of aliphatic imine (C=N–C) groups is 1. The monoisotopic (exact) mass is 110 g/mol. The normalized spacial score (nSPS) is 11.5. The Kier molecular flexibility index (Phi) is 2.35.